The molecule has 0 saturated carbocycles. The topological polar surface area (TPSA) is 82.2 Å². The first-order chi connectivity index (χ1) is 11.2. The molecular weight excluding hydrogens is 296 g/mol. The fourth-order valence-electron chi connectivity index (χ4n) is 2.95. The molecule has 1 aliphatic heterocycles. The van der Waals surface area contributed by atoms with Gasteiger partial charge in [0.25, 0.3) is 0 Å². The number of nitrogens with one attached hydrogen (secondary N) is 1. The van der Waals surface area contributed by atoms with Crippen molar-refractivity contribution in [3.8, 4) is 0 Å². The van der Waals surface area contributed by atoms with E-state index in [9.17, 15) is 4.79 Å². The predicted octanol–water partition coefficient (Wildman–Crippen LogP) is 1.78. The second-order valence-corrected chi connectivity index (χ2v) is 5.78. The van der Waals surface area contributed by atoms with Crippen LogP contribution >= 0.6 is 0 Å². The molecule has 3 heterocycles. The van der Waals surface area contributed by atoms with Crippen LogP contribution in [-0.2, 0) is 22.5 Å². The van der Waals surface area contributed by atoms with E-state index in [2.05, 4.69) is 26.9 Å². The molecule has 1 aliphatic rings. The van der Waals surface area contributed by atoms with E-state index >= 15 is 0 Å². The molecular formula is C16H22N4O3. The van der Waals surface area contributed by atoms with E-state index in [0.29, 0.717) is 18.1 Å². The maximum absolute atomic E-state index is 12.3. The third-order valence-corrected chi connectivity index (χ3v) is 4.03. The van der Waals surface area contributed by atoms with Gasteiger partial charge in [-0.1, -0.05) is 5.16 Å². The van der Waals surface area contributed by atoms with E-state index in [1.807, 2.05) is 13.1 Å². The molecule has 1 N–H and O–H groups in total. The molecule has 1 amide bonds. The standard InChI is InChI=1S/C16H22N4O3/c1-3-20-7-6-17-16(20)15-13(5-4-8-22-15)18-14(21)10-12-9-11(2)23-19-12/h6-7,9,13,15H,3-5,8,10H2,1-2H3,(H,18,21)/t13-,15-/m0/s1. The lowest BCUT2D eigenvalue weighted by Crippen LogP contribution is -2.44. The van der Waals surface area contributed by atoms with Gasteiger partial charge in [-0.05, 0) is 26.7 Å². The first-order valence-corrected chi connectivity index (χ1v) is 8.01. The molecule has 2 aromatic heterocycles. The number of ether oxygens (including phenoxy) is 1. The van der Waals surface area contributed by atoms with Crippen LogP contribution in [0.15, 0.2) is 23.0 Å². The van der Waals surface area contributed by atoms with Crippen molar-refractivity contribution in [2.45, 2.75) is 51.8 Å². The average molecular weight is 318 g/mol. The Morgan fingerprint density at radius 2 is 2.39 bits per heavy atom. The zero-order valence-electron chi connectivity index (χ0n) is 13.5. The first kappa shape index (κ1) is 15.7. The van der Waals surface area contributed by atoms with Gasteiger partial charge in [0.15, 0.2) is 0 Å². The number of rotatable bonds is 5. The highest BCUT2D eigenvalue weighted by molar-refractivity contribution is 5.78. The highest BCUT2D eigenvalue weighted by Crippen LogP contribution is 2.27. The summed E-state index contributed by atoms with van der Waals surface area (Å²) in [5.74, 6) is 1.50. The number of amides is 1. The zero-order valence-corrected chi connectivity index (χ0v) is 13.5. The molecule has 2 atom stereocenters. The largest absolute Gasteiger partial charge is 0.368 e. The van der Waals surface area contributed by atoms with E-state index in [1.165, 1.54) is 0 Å². The summed E-state index contributed by atoms with van der Waals surface area (Å²) in [6, 6.07) is 1.70. The van der Waals surface area contributed by atoms with Crippen molar-refractivity contribution in [1.29, 1.82) is 0 Å². The van der Waals surface area contributed by atoms with Gasteiger partial charge < -0.3 is 19.1 Å². The number of aryl methyl sites for hydroxylation is 2. The summed E-state index contributed by atoms with van der Waals surface area (Å²) in [6.07, 6.45) is 5.52. The Kier molecular flexibility index (Phi) is 4.76. The number of aromatic nitrogens is 3. The van der Waals surface area contributed by atoms with Crippen molar-refractivity contribution in [2.24, 2.45) is 0 Å². The molecule has 0 unspecified atom stereocenters. The van der Waals surface area contributed by atoms with Gasteiger partial charge in [0, 0.05) is 31.6 Å². The highest BCUT2D eigenvalue weighted by Gasteiger charge is 2.31. The monoisotopic (exact) mass is 318 g/mol. The minimum Gasteiger partial charge on any atom is -0.368 e. The number of carbonyl (C=O) groups is 1. The van der Waals surface area contributed by atoms with Crippen molar-refractivity contribution in [3.05, 3.63) is 35.7 Å². The molecule has 2 aromatic rings. The minimum absolute atomic E-state index is 0.0723. The normalized spacial score (nSPS) is 21.3. The van der Waals surface area contributed by atoms with Gasteiger partial charge in [-0.2, -0.15) is 0 Å². The fraction of sp³-hybridized carbons (Fsp3) is 0.562. The maximum Gasteiger partial charge on any atom is 0.226 e. The molecule has 7 nitrogen and oxygen atoms in total. The summed E-state index contributed by atoms with van der Waals surface area (Å²) in [5, 5.41) is 6.93. The van der Waals surface area contributed by atoms with Crippen LogP contribution in [0.3, 0.4) is 0 Å². The summed E-state index contributed by atoms with van der Waals surface area (Å²) in [4.78, 5) is 16.7. The molecule has 0 radical (unpaired) electrons. The third-order valence-electron chi connectivity index (χ3n) is 4.03. The number of imidazole rings is 1. The molecule has 1 saturated heterocycles. The molecule has 7 heteroatoms. The summed E-state index contributed by atoms with van der Waals surface area (Å²) in [5.41, 5.74) is 0.642. The second-order valence-electron chi connectivity index (χ2n) is 5.78. The molecule has 1 fully saturated rings. The van der Waals surface area contributed by atoms with Crippen LogP contribution in [-0.4, -0.2) is 33.3 Å². The van der Waals surface area contributed by atoms with Gasteiger partial charge in [-0.25, -0.2) is 4.98 Å². The van der Waals surface area contributed by atoms with Crippen LogP contribution in [0.5, 0.6) is 0 Å². The molecule has 0 aliphatic carbocycles. The molecule has 0 spiro atoms. The Hall–Kier alpha value is -2.15. The first-order valence-electron chi connectivity index (χ1n) is 8.01. The summed E-state index contributed by atoms with van der Waals surface area (Å²) < 4.78 is 12.9. The van der Waals surface area contributed by atoms with Gasteiger partial charge in [0.1, 0.15) is 17.7 Å². The highest BCUT2D eigenvalue weighted by atomic mass is 16.5. The summed E-state index contributed by atoms with van der Waals surface area (Å²) >= 11 is 0. The summed E-state index contributed by atoms with van der Waals surface area (Å²) in [6.45, 7) is 5.39. The third kappa shape index (κ3) is 3.61. The van der Waals surface area contributed by atoms with E-state index in [1.54, 1.807) is 12.3 Å². The number of hydrogen-bond acceptors (Lipinski definition) is 5. The molecule has 0 aromatic carbocycles. The molecule has 3 rings (SSSR count). The molecule has 0 bridgehead atoms. The maximum atomic E-state index is 12.3. The minimum atomic E-state index is -0.207. The van der Waals surface area contributed by atoms with Gasteiger partial charge in [0.05, 0.1) is 18.2 Å². The van der Waals surface area contributed by atoms with Crippen LogP contribution in [0.1, 0.15) is 43.1 Å². The fourth-order valence-corrected chi connectivity index (χ4v) is 2.95. The average Bonchev–Trinajstić information content (AvgIpc) is 3.16. The van der Waals surface area contributed by atoms with E-state index < -0.39 is 0 Å². The number of hydrogen-bond donors (Lipinski definition) is 1. The summed E-state index contributed by atoms with van der Waals surface area (Å²) in [7, 11) is 0. The van der Waals surface area contributed by atoms with Crippen LogP contribution in [0.2, 0.25) is 0 Å². The van der Waals surface area contributed by atoms with E-state index in [-0.39, 0.29) is 24.5 Å². The zero-order chi connectivity index (χ0) is 16.2. The number of carbonyl (C=O) groups excluding carboxylic acids is 1. The van der Waals surface area contributed by atoms with Crippen LogP contribution < -0.4 is 5.32 Å². The Balaban J connectivity index is 1.68. The van der Waals surface area contributed by atoms with E-state index in [0.717, 1.165) is 25.2 Å². The van der Waals surface area contributed by atoms with Gasteiger partial charge in [-0.3, -0.25) is 4.79 Å². The van der Waals surface area contributed by atoms with Gasteiger partial charge in [-0.15, -0.1) is 0 Å². The van der Waals surface area contributed by atoms with Crippen molar-refractivity contribution >= 4 is 5.91 Å². The smallest absolute Gasteiger partial charge is 0.226 e. The second kappa shape index (κ2) is 6.95. The van der Waals surface area contributed by atoms with Crippen molar-refractivity contribution in [1.82, 2.24) is 20.0 Å². The lowest BCUT2D eigenvalue weighted by atomic mass is 10.0. The molecule has 124 valence electrons. The van der Waals surface area contributed by atoms with Gasteiger partial charge in [0.2, 0.25) is 5.91 Å². The SMILES string of the molecule is CCn1ccnc1[C@H]1OCCC[C@@H]1NC(=O)Cc1cc(C)on1. The quantitative estimate of drug-likeness (QED) is 0.908. The lowest BCUT2D eigenvalue weighted by Gasteiger charge is -2.32. The van der Waals surface area contributed by atoms with Crippen LogP contribution in [0.4, 0.5) is 0 Å². The van der Waals surface area contributed by atoms with Crippen LogP contribution in [0, 0.1) is 6.92 Å². The van der Waals surface area contributed by atoms with Crippen molar-refractivity contribution in [2.75, 3.05) is 6.61 Å². The van der Waals surface area contributed by atoms with Crippen molar-refractivity contribution < 1.29 is 14.1 Å². The Morgan fingerprint density at radius 3 is 3.13 bits per heavy atom. The van der Waals surface area contributed by atoms with Crippen LogP contribution in [0.25, 0.3) is 0 Å². The Bertz CT molecular complexity index is 664. The Morgan fingerprint density at radius 1 is 1.52 bits per heavy atom. The van der Waals surface area contributed by atoms with Gasteiger partial charge >= 0.3 is 0 Å². The van der Waals surface area contributed by atoms with E-state index in [4.69, 9.17) is 9.26 Å². The lowest BCUT2D eigenvalue weighted by molar-refractivity contribution is -0.123. The molecule has 23 heavy (non-hydrogen) atoms. The number of nitrogens with zero attached hydrogens (tertiary/aromatic N) is 3. The Labute approximate surface area is 135 Å². The predicted molar refractivity (Wildman–Crippen MR) is 82.7 cm³/mol. The van der Waals surface area contributed by atoms with Crippen molar-refractivity contribution in [3.63, 3.8) is 0 Å².